The number of rotatable bonds is 6. The first-order valence-corrected chi connectivity index (χ1v) is 3.73. The number of hydrogen-bond donors (Lipinski definition) is 4. The van der Waals surface area contributed by atoms with Crippen molar-refractivity contribution in [3.63, 3.8) is 0 Å². The summed E-state index contributed by atoms with van der Waals surface area (Å²) in [6, 6.07) is -1.31. The van der Waals surface area contributed by atoms with Gasteiger partial charge in [-0.25, -0.2) is 0 Å². The minimum absolute atomic E-state index is 0.707. The van der Waals surface area contributed by atoms with Crippen LogP contribution in [0.4, 0.5) is 0 Å². The van der Waals surface area contributed by atoms with Crippen molar-refractivity contribution in [2.24, 2.45) is 5.11 Å². The lowest BCUT2D eigenvalue weighted by Crippen LogP contribution is -2.43. The fraction of sp³-hybridized carbons (Fsp3) is 0.833. The highest BCUT2D eigenvalue weighted by molar-refractivity contribution is 5.84. The van der Waals surface area contributed by atoms with Gasteiger partial charge in [0.15, 0.2) is 5.78 Å². The molecule has 0 aliphatic carbocycles. The molecule has 0 spiro atoms. The zero-order chi connectivity index (χ0) is 11.1. The van der Waals surface area contributed by atoms with Crippen molar-refractivity contribution in [2.45, 2.75) is 18.2 Å². The molecule has 0 aromatic rings. The average Bonchev–Trinajstić information content (AvgIpc) is 2.22. The number of azide groups is 1. The molecule has 0 aliphatic heterocycles. The number of aliphatic hydroxyl groups is 4. The van der Waals surface area contributed by atoms with Gasteiger partial charge in [0.2, 0.25) is 0 Å². The van der Waals surface area contributed by atoms with Gasteiger partial charge in [0.1, 0.15) is 12.7 Å². The Labute approximate surface area is 79.0 Å². The van der Waals surface area contributed by atoms with Gasteiger partial charge in [-0.2, -0.15) is 0 Å². The molecule has 0 aliphatic rings. The summed E-state index contributed by atoms with van der Waals surface area (Å²) in [6.07, 6.45) is -3.60. The van der Waals surface area contributed by atoms with Gasteiger partial charge in [-0.15, -0.1) is 0 Å². The van der Waals surface area contributed by atoms with E-state index in [9.17, 15) is 9.90 Å². The molecule has 0 saturated carbocycles. The van der Waals surface area contributed by atoms with E-state index in [1.54, 1.807) is 0 Å². The van der Waals surface area contributed by atoms with E-state index in [0.29, 0.717) is 0 Å². The zero-order valence-electron chi connectivity index (χ0n) is 7.19. The van der Waals surface area contributed by atoms with Crippen LogP contribution < -0.4 is 0 Å². The summed E-state index contributed by atoms with van der Waals surface area (Å²) in [7, 11) is 0. The van der Waals surface area contributed by atoms with Crippen LogP contribution in [0.3, 0.4) is 0 Å². The fourth-order valence-electron chi connectivity index (χ4n) is 0.774. The molecule has 3 atom stereocenters. The molecule has 8 heteroatoms. The number of ketones is 1. The lowest BCUT2D eigenvalue weighted by atomic mass is 10.0. The first-order valence-electron chi connectivity index (χ1n) is 3.73. The Morgan fingerprint density at radius 1 is 1.43 bits per heavy atom. The number of Topliss-reactive ketones (excluding diaryl/α,β-unsaturated/α-hetero) is 1. The molecule has 0 bridgehead atoms. The number of aliphatic hydroxyl groups excluding tert-OH is 4. The molecular formula is C6H11N3O5. The quantitative estimate of drug-likeness (QED) is 0.223. The lowest BCUT2D eigenvalue weighted by Gasteiger charge is -2.20. The van der Waals surface area contributed by atoms with Gasteiger partial charge in [-0.3, -0.25) is 4.79 Å². The van der Waals surface area contributed by atoms with Crippen LogP contribution in [0.5, 0.6) is 0 Å². The van der Waals surface area contributed by atoms with Gasteiger partial charge < -0.3 is 20.4 Å². The predicted octanol–water partition coefficient (Wildman–Crippen LogP) is -2.06. The Kier molecular flexibility index (Phi) is 5.77. The second-order valence-electron chi connectivity index (χ2n) is 2.51. The number of nitrogens with zero attached hydrogens (tertiary/aromatic N) is 3. The highest BCUT2D eigenvalue weighted by atomic mass is 16.3. The first kappa shape index (κ1) is 12.8. The van der Waals surface area contributed by atoms with Crippen LogP contribution in [0.2, 0.25) is 0 Å². The molecule has 0 heterocycles. The molecule has 0 amide bonds. The molecule has 14 heavy (non-hydrogen) atoms. The van der Waals surface area contributed by atoms with Crippen LogP contribution >= 0.6 is 0 Å². The van der Waals surface area contributed by atoms with Crippen molar-refractivity contribution in [1.29, 1.82) is 0 Å². The van der Waals surface area contributed by atoms with E-state index in [2.05, 4.69) is 10.0 Å². The van der Waals surface area contributed by atoms with Crippen molar-refractivity contribution < 1.29 is 25.2 Å². The maximum Gasteiger partial charge on any atom is 0.189 e. The Hall–Kier alpha value is -1.18. The summed E-state index contributed by atoms with van der Waals surface area (Å²) >= 11 is 0. The molecule has 8 nitrogen and oxygen atoms in total. The number of hydrogen-bond acceptors (Lipinski definition) is 6. The Morgan fingerprint density at radius 3 is 2.36 bits per heavy atom. The highest BCUT2D eigenvalue weighted by Gasteiger charge is 2.29. The predicted molar refractivity (Wildman–Crippen MR) is 44.1 cm³/mol. The molecule has 0 rings (SSSR count). The van der Waals surface area contributed by atoms with Gasteiger partial charge in [-0.05, 0) is 5.53 Å². The summed E-state index contributed by atoms with van der Waals surface area (Å²) in [5, 5.41) is 38.2. The van der Waals surface area contributed by atoms with E-state index in [1.807, 2.05) is 0 Å². The van der Waals surface area contributed by atoms with Crippen LogP contribution in [0.25, 0.3) is 10.4 Å². The van der Waals surface area contributed by atoms with Gasteiger partial charge >= 0.3 is 0 Å². The van der Waals surface area contributed by atoms with Gasteiger partial charge in [0.05, 0.1) is 18.8 Å². The van der Waals surface area contributed by atoms with E-state index in [0.717, 1.165) is 0 Å². The molecule has 0 saturated heterocycles. The lowest BCUT2D eigenvalue weighted by molar-refractivity contribution is -0.136. The minimum atomic E-state index is -1.87. The maximum atomic E-state index is 10.7. The van der Waals surface area contributed by atoms with Crippen molar-refractivity contribution in [3.05, 3.63) is 10.4 Å². The first-order chi connectivity index (χ1) is 6.58. The molecule has 4 N–H and O–H groups in total. The fourth-order valence-corrected chi connectivity index (χ4v) is 0.774. The number of carbonyl (C=O) groups excluding carboxylic acids is 1. The monoisotopic (exact) mass is 205 g/mol. The molecular weight excluding hydrogens is 194 g/mol. The third kappa shape index (κ3) is 3.29. The Balaban J connectivity index is 4.48. The normalized spacial score (nSPS) is 16.6. The smallest absolute Gasteiger partial charge is 0.189 e. The topological polar surface area (TPSA) is 147 Å². The molecule has 0 aromatic heterocycles. The summed E-state index contributed by atoms with van der Waals surface area (Å²) < 4.78 is 0. The van der Waals surface area contributed by atoms with E-state index in [-0.39, 0.29) is 0 Å². The average molecular weight is 205 g/mol. The van der Waals surface area contributed by atoms with Gasteiger partial charge in [0.25, 0.3) is 0 Å². The van der Waals surface area contributed by atoms with Crippen LogP contribution in [0.1, 0.15) is 0 Å². The minimum Gasteiger partial charge on any atom is -0.396 e. The number of carbonyl (C=O) groups is 1. The Morgan fingerprint density at radius 2 is 2.00 bits per heavy atom. The van der Waals surface area contributed by atoms with E-state index in [4.69, 9.17) is 20.9 Å². The summed E-state index contributed by atoms with van der Waals surface area (Å²) in [5.74, 6) is -1.01. The standard InChI is InChI=1S/C6H11N3O5/c7-9-8-3(1-10)5(13)6(14)4(12)2-11/h3,5-6,10-11,13-14H,1-2H2/t3-,5+,6-/m1/s1. The van der Waals surface area contributed by atoms with Crippen LogP contribution in [-0.2, 0) is 4.79 Å². The second kappa shape index (κ2) is 6.30. The maximum absolute atomic E-state index is 10.7. The van der Waals surface area contributed by atoms with E-state index < -0.39 is 37.2 Å². The molecule has 0 fully saturated rings. The third-order valence-electron chi connectivity index (χ3n) is 1.59. The second-order valence-corrected chi connectivity index (χ2v) is 2.51. The van der Waals surface area contributed by atoms with E-state index in [1.165, 1.54) is 0 Å². The van der Waals surface area contributed by atoms with Crippen LogP contribution in [-0.4, -0.2) is 57.7 Å². The highest BCUT2D eigenvalue weighted by Crippen LogP contribution is 2.05. The SMILES string of the molecule is [N-]=[N+]=N[C@H](CO)[C@H](O)[C@H](O)C(=O)CO. The van der Waals surface area contributed by atoms with Crippen LogP contribution in [0.15, 0.2) is 5.11 Å². The van der Waals surface area contributed by atoms with Crippen molar-refractivity contribution in [2.75, 3.05) is 13.2 Å². The largest absolute Gasteiger partial charge is 0.396 e. The molecule has 80 valence electrons. The summed E-state index contributed by atoms with van der Waals surface area (Å²) in [5.41, 5.74) is 8.01. The van der Waals surface area contributed by atoms with Crippen LogP contribution in [0, 0.1) is 0 Å². The summed E-state index contributed by atoms with van der Waals surface area (Å²) in [4.78, 5) is 13.0. The third-order valence-corrected chi connectivity index (χ3v) is 1.59. The van der Waals surface area contributed by atoms with Gasteiger partial charge in [-0.1, -0.05) is 5.11 Å². The van der Waals surface area contributed by atoms with Crippen molar-refractivity contribution in [3.8, 4) is 0 Å². The molecule has 0 aromatic carbocycles. The van der Waals surface area contributed by atoms with E-state index >= 15 is 0 Å². The molecule has 0 unspecified atom stereocenters. The van der Waals surface area contributed by atoms with Gasteiger partial charge in [0, 0.05) is 4.91 Å². The van der Waals surface area contributed by atoms with Crippen molar-refractivity contribution in [1.82, 2.24) is 0 Å². The zero-order valence-corrected chi connectivity index (χ0v) is 7.19. The Bertz CT molecular complexity index is 240. The van der Waals surface area contributed by atoms with Crippen molar-refractivity contribution >= 4 is 5.78 Å². The molecule has 0 radical (unpaired) electrons. The summed E-state index contributed by atoms with van der Waals surface area (Å²) in [6.45, 7) is -1.65.